The summed E-state index contributed by atoms with van der Waals surface area (Å²) >= 11 is 6.22. The average Bonchev–Trinajstić information content (AvgIpc) is 3.21. The first kappa shape index (κ1) is 13.8. The smallest absolute Gasteiger partial charge is 0.261 e. The van der Waals surface area contributed by atoms with Crippen LogP contribution in [0.2, 0.25) is 5.02 Å². The number of anilines is 1. The van der Waals surface area contributed by atoms with Gasteiger partial charge in [0.05, 0.1) is 22.9 Å². The van der Waals surface area contributed by atoms with Gasteiger partial charge in [0.25, 0.3) is 5.89 Å². The van der Waals surface area contributed by atoms with Gasteiger partial charge in [0.1, 0.15) is 5.75 Å². The maximum atomic E-state index is 6.22. The van der Waals surface area contributed by atoms with Crippen LogP contribution in [0.4, 0.5) is 5.69 Å². The second kappa shape index (κ2) is 5.44. The van der Waals surface area contributed by atoms with Gasteiger partial charge >= 0.3 is 0 Å². The van der Waals surface area contributed by atoms with E-state index in [9.17, 15) is 0 Å². The number of nitrogens with zero attached hydrogens (tertiary/aromatic N) is 2. The minimum Gasteiger partial charge on any atom is -0.492 e. The highest BCUT2D eigenvalue weighted by Gasteiger charge is 2.27. The topological polar surface area (TPSA) is 86.2 Å². The molecular formula is C15H17ClN4O2. The fourth-order valence-corrected chi connectivity index (χ4v) is 3.34. The zero-order valence-corrected chi connectivity index (χ0v) is 12.8. The lowest BCUT2D eigenvalue weighted by Crippen LogP contribution is -2.27. The van der Waals surface area contributed by atoms with Crippen LogP contribution in [0.15, 0.2) is 10.6 Å². The number of ether oxygens (including phenoxy) is 1. The summed E-state index contributed by atoms with van der Waals surface area (Å²) in [5.41, 5.74) is 8.27. The van der Waals surface area contributed by atoms with E-state index in [-0.39, 0.29) is 0 Å². The Hall–Kier alpha value is -1.79. The average molecular weight is 321 g/mol. The monoisotopic (exact) mass is 320 g/mol. The van der Waals surface area contributed by atoms with E-state index in [4.69, 9.17) is 26.6 Å². The Morgan fingerprint density at radius 2 is 2.14 bits per heavy atom. The van der Waals surface area contributed by atoms with Gasteiger partial charge in [-0.15, -0.1) is 0 Å². The van der Waals surface area contributed by atoms with E-state index in [1.807, 2.05) is 0 Å². The molecule has 2 aliphatic heterocycles. The fraction of sp³-hybridized carbons (Fsp3) is 0.467. The molecule has 0 saturated carbocycles. The van der Waals surface area contributed by atoms with Crippen LogP contribution in [0, 0.1) is 0 Å². The first-order valence-corrected chi connectivity index (χ1v) is 7.90. The van der Waals surface area contributed by atoms with Crippen molar-refractivity contribution in [1.29, 1.82) is 0 Å². The molecule has 0 amide bonds. The lowest BCUT2D eigenvalue weighted by molar-refractivity contribution is 0.354. The number of nitrogens with two attached hydrogens (primary N) is 1. The molecule has 116 valence electrons. The van der Waals surface area contributed by atoms with Crippen molar-refractivity contribution in [3.63, 3.8) is 0 Å². The van der Waals surface area contributed by atoms with Crippen LogP contribution >= 0.6 is 11.6 Å². The summed E-state index contributed by atoms with van der Waals surface area (Å²) in [6.45, 7) is 2.57. The summed E-state index contributed by atoms with van der Waals surface area (Å²) in [5.74, 6) is 2.28. The number of hydrogen-bond acceptors (Lipinski definition) is 6. The van der Waals surface area contributed by atoms with Gasteiger partial charge in [-0.25, -0.2) is 0 Å². The highest BCUT2D eigenvalue weighted by Crippen LogP contribution is 2.43. The molecule has 0 unspecified atom stereocenters. The summed E-state index contributed by atoms with van der Waals surface area (Å²) in [5, 5.41) is 7.98. The third-order valence-corrected chi connectivity index (χ3v) is 4.66. The quantitative estimate of drug-likeness (QED) is 0.826. The Balaban J connectivity index is 1.72. The molecular weight excluding hydrogens is 304 g/mol. The minimum atomic E-state index is 0.344. The molecule has 0 radical (unpaired) electrons. The molecule has 2 aromatic rings. The van der Waals surface area contributed by atoms with Gasteiger partial charge in [-0.05, 0) is 32.0 Å². The van der Waals surface area contributed by atoms with Crippen LogP contribution in [-0.4, -0.2) is 29.8 Å². The SMILES string of the molecule is Nc1c(Cl)cc(-c2nc(C3CCNCC3)no2)c2c1CCO2. The number of aromatic nitrogens is 2. The molecule has 1 fully saturated rings. The minimum absolute atomic E-state index is 0.344. The second-order valence-electron chi connectivity index (χ2n) is 5.71. The molecule has 1 aromatic carbocycles. The molecule has 3 heterocycles. The van der Waals surface area contributed by atoms with Crippen LogP contribution in [0.3, 0.4) is 0 Å². The standard InChI is InChI=1S/C15H17ClN4O2/c16-11-7-10(13-9(12(11)17)3-6-21-13)15-19-14(20-22-15)8-1-4-18-5-2-8/h7-8,18H,1-6,17H2. The molecule has 1 aromatic heterocycles. The van der Waals surface area contributed by atoms with Crippen molar-refractivity contribution in [2.24, 2.45) is 0 Å². The van der Waals surface area contributed by atoms with E-state index in [2.05, 4.69) is 15.5 Å². The van der Waals surface area contributed by atoms with Gasteiger partial charge in [-0.3, -0.25) is 0 Å². The van der Waals surface area contributed by atoms with Crippen molar-refractivity contribution in [3.05, 3.63) is 22.5 Å². The molecule has 0 spiro atoms. The molecule has 22 heavy (non-hydrogen) atoms. The molecule has 3 N–H and O–H groups in total. The Kier molecular flexibility index (Phi) is 3.43. The van der Waals surface area contributed by atoms with Crippen LogP contribution in [0.25, 0.3) is 11.5 Å². The highest BCUT2D eigenvalue weighted by atomic mass is 35.5. The summed E-state index contributed by atoms with van der Waals surface area (Å²) in [6, 6.07) is 1.75. The zero-order chi connectivity index (χ0) is 15.1. The summed E-state index contributed by atoms with van der Waals surface area (Å²) < 4.78 is 11.2. The molecule has 1 saturated heterocycles. The number of fused-ring (bicyclic) bond motifs is 1. The van der Waals surface area contributed by atoms with E-state index in [1.54, 1.807) is 6.07 Å². The Morgan fingerprint density at radius 1 is 1.32 bits per heavy atom. The molecule has 0 atom stereocenters. The van der Waals surface area contributed by atoms with Crippen molar-refractivity contribution in [1.82, 2.24) is 15.5 Å². The number of piperidine rings is 1. The molecule has 0 bridgehead atoms. The van der Waals surface area contributed by atoms with Crippen LogP contribution in [0.1, 0.15) is 30.1 Å². The first-order chi connectivity index (χ1) is 10.7. The van der Waals surface area contributed by atoms with Crippen molar-refractivity contribution in [2.75, 3.05) is 25.4 Å². The Labute approximate surface area is 133 Å². The number of halogens is 1. The third-order valence-electron chi connectivity index (χ3n) is 4.35. The highest BCUT2D eigenvalue weighted by molar-refractivity contribution is 6.33. The van der Waals surface area contributed by atoms with Crippen LogP contribution in [-0.2, 0) is 6.42 Å². The van der Waals surface area contributed by atoms with Crippen molar-refractivity contribution in [3.8, 4) is 17.2 Å². The van der Waals surface area contributed by atoms with E-state index in [0.717, 1.165) is 55.1 Å². The number of benzene rings is 1. The van der Waals surface area contributed by atoms with Gasteiger partial charge in [0.2, 0.25) is 0 Å². The number of nitrogen functional groups attached to an aromatic ring is 1. The summed E-state index contributed by atoms with van der Waals surface area (Å²) in [7, 11) is 0. The fourth-order valence-electron chi connectivity index (χ4n) is 3.12. The predicted molar refractivity (Wildman–Crippen MR) is 83.2 cm³/mol. The molecule has 6 nitrogen and oxygen atoms in total. The van der Waals surface area contributed by atoms with Gasteiger partial charge in [-0.2, -0.15) is 4.98 Å². The van der Waals surface area contributed by atoms with Crippen molar-refractivity contribution in [2.45, 2.75) is 25.2 Å². The first-order valence-electron chi connectivity index (χ1n) is 7.52. The lowest BCUT2D eigenvalue weighted by atomic mass is 9.97. The van der Waals surface area contributed by atoms with E-state index >= 15 is 0 Å². The maximum absolute atomic E-state index is 6.22. The van der Waals surface area contributed by atoms with Crippen LogP contribution < -0.4 is 15.8 Å². The normalized spacial score (nSPS) is 18.2. The molecule has 4 rings (SSSR count). The van der Waals surface area contributed by atoms with E-state index < -0.39 is 0 Å². The summed E-state index contributed by atoms with van der Waals surface area (Å²) in [6.07, 6.45) is 2.80. The number of nitrogens with one attached hydrogen (secondary N) is 1. The van der Waals surface area contributed by atoms with E-state index in [0.29, 0.717) is 29.1 Å². The van der Waals surface area contributed by atoms with Crippen molar-refractivity contribution < 1.29 is 9.26 Å². The molecule has 2 aliphatic rings. The van der Waals surface area contributed by atoms with Gasteiger partial charge in [-0.1, -0.05) is 16.8 Å². The van der Waals surface area contributed by atoms with Crippen molar-refractivity contribution >= 4 is 17.3 Å². The molecule has 0 aliphatic carbocycles. The predicted octanol–water partition coefficient (Wildman–Crippen LogP) is 2.37. The number of rotatable bonds is 2. The molecule has 7 heteroatoms. The van der Waals surface area contributed by atoms with Gasteiger partial charge < -0.3 is 20.3 Å². The van der Waals surface area contributed by atoms with E-state index in [1.165, 1.54) is 0 Å². The largest absolute Gasteiger partial charge is 0.492 e. The third kappa shape index (κ3) is 2.23. The summed E-state index contributed by atoms with van der Waals surface area (Å²) in [4.78, 5) is 4.57. The van der Waals surface area contributed by atoms with Gasteiger partial charge in [0, 0.05) is 17.9 Å². The Bertz CT molecular complexity index is 710. The zero-order valence-electron chi connectivity index (χ0n) is 12.1. The number of hydrogen-bond donors (Lipinski definition) is 2. The lowest BCUT2D eigenvalue weighted by Gasteiger charge is -2.18. The maximum Gasteiger partial charge on any atom is 0.261 e. The van der Waals surface area contributed by atoms with Gasteiger partial charge in [0.15, 0.2) is 5.82 Å². The Morgan fingerprint density at radius 3 is 2.95 bits per heavy atom. The van der Waals surface area contributed by atoms with Crippen LogP contribution in [0.5, 0.6) is 5.75 Å². The second-order valence-corrected chi connectivity index (χ2v) is 6.11.